The Labute approximate surface area is 127 Å². The minimum absolute atomic E-state index is 0.355. The SMILES string of the molecule is COC(=O)/C(C#N)=N\Nc1ccc(Oc2ccccc2)cc1. The topological polar surface area (TPSA) is 83.7 Å². The van der Waals surface area contributed by atoms with Crippen LogP contribution in [-0.4, -0.2) is 18.8 Å². The molecule has 0 saturated heterocycles. The van der Waals surface area contributed by atoms with E-state index in [1.165, 1.54) is 7.11 Å². The van der Waals surface area contributed by atoms with Crippen molar-refractivity contribution < 1.29 is 14.3 Å². The van der Waals surface area contributed by atoms with E-state index in [-0.39, 0.29) is 5.71 Å². The Kier molecular flexibility index (Phi) is 5.10. The second kappa shape index (κ2) is 7.45. The monoisotopic (exact) mass is 295 g/mol. The molecule has 0 aliphatic carbocycles. The number of hydrogen-bond acceptors (Lipinski definition) is 6. The number of hydrogen-bond donors (Lipinski definition) is 1. The normalized spacial score (nSPS) is 10.5. The van der Waals surface area contributed by atoms with E-state index in [2.05, 4.69) is 15.3 Å². The van der Waals surface area contributed by atoms with Crippen LogP contribution in [0.25, 0.3) is 0 Å². The second-order valence-corrected chi connectivity index (χ2v) is 4.12. The lowest BCUT2D eigenvalue weighted by Crippen LogP contribution is -2.15. The van der Waals surface area contributed by atoms with Gasteiger partial charge in [-0.15, -0.1) is 0 Å². The molecule has 0 saturated carbocycles. The average molecular weight is 295 g/mol. The third-order valence-corrected chi connectivity index (χ3v) is 2.61. The molecule has 0 radical (unpaired) electrons. The molecule has 6 heteroatoms. The van der Waals surface area contributed by atoms with Crippen LogP contribution >= 0.6 is 0 Å². The first-order chi connectivity index (χ1) is 10.7. The van der Waals surface area contributed by atoms with Gasteiger partial charge in [0.25, 0.3) is 0 Å². The summed E-state index contributed by atoms with van der Waals surface area (Å²) in [6.07, 6.45) is 0. The Hall–Kier alpha value is -3.33. The fourth-order valence-corrected chi connectivity index (χ4v) is 1.56. The molecule has 2 aromatic rings. The average Bonchev–Trinajstić information content (AvgIpc) is 2.57. The fourth-order valence-electron chi connectivity index (χ4n) is 1.56. The van der Waals surface area contributed by atoms with Crippen molar-refractivity contribution in [1.29, 1.82) is 5.26 Å². The summed E-state index contributed by atoms with van der Waals surface area (Å²) >= 11 is 0. The molecule has 0 spiro atoms. The second-order valence-electron chi connectivity index (χ2n) is 4.12. The van der Waals surface area contributed by atoms with Crippen LogP contribution in [0.2, 0.25) is 0 Å². The summed E-state index contributed by atoms with van der Waals surface area (Å²) in [5.74, 6) is 0.604. The first kappa shape index (κ1) is 15.1. The van der Waals surface area contributed by atoms with Gasteiger partial charge in [-0.1, -0.05) is 18.2 Å². The zero-order valence-electron chi connectivity index (χ0n) is 11.8. The lowest BCUT2D eigenvalue weighted by atomic mass is 10.3. The summed E-state index contributed by atoms with van der Waals surface area (Å²) < 4.78 is 10.1. The number of carbonyl (C=O) groups excluding carboxylic acids is 1. The maximum absolute atomic E-state index is 11.2. The molecule has 22 heavy (non-hydrogen) atoms. The summed E-state index contributed by atoms with van der Waals surface area (Å²) in [6, 6.07) is 18.0. The maximum Gasteiger partial charge on any atom is 0.369 e. The van der Waals surface area contributed by atoms with Crippen molar-refractivity contribution in [1.82, 2.24) is 0 Å². The van der Waals surface area contributed by atoms with E-state index >= 15 is 0 Å². The lowest BCUT2D eigenvalue weighted by molar-refractivity contribution is -0.132. The van der Waals surface area contributed by atoms with E-state index in [1.54, 1.807) is 30.3 Å². The molecule has 0 aliphatic rings. The number of para-hydroxylation sites is 1. The Bertz CT molecular complexity index is 704. The Balaban J connectivity index is 2.02. The number of methoxy groups -OCH3 is 1. The van der Waals surface area contributed by atoms with Gasteiger partial charge in [0.1, 0.15) is 17.6 Å². The number of esters is 1. The van der Waals surface area contributed by atoms with Crippen molar-refractivity contribution in [2.75, 3.05) is 12.5 Å². The highest BCUT2D eigenvalue weighted by molar-refractivity contribution is 6.43. The van der Waals surface area contributed by atoms with Gasteiger partial charge in [0.05, 0.1) is 12.8 Å². The number of benzene rings is 2. The number of rotatable bonds is 5. The molecule has 0 fully saturated rings. The standard InChI is InChI=1S/C16H13N3O3/c1-21-16(20)15(11-17)19-18-12-7-9-14(10-8-12)22-13-5-3-2-4-6-13/h2-10,18H,1H3/b19-15-. The van der Waals surface area contributed by atoms with E-state index in [4.69, 9.17) is 10.00 Å². The zero-order valence-corrected chi connectivity index (χ0v) is 11.8. The predicted molar refractivity (Wildman–Crippen MR) is 81.6 cm³/mol. The molecule has 0 atom stereocenters. The van der Waals surface area contributed by atoms with Gasteiger partial charge >= 0.3 is 5.97 Å². The molecule has 0 heterocycles. The number of ether oxygens (including phenoxy) is 2. The molecular weight excluding hydrogens is 282 g/mol. The van der Waals surface area contributed by atoms with Crippen molar-refractivity contribution in [3.05, 3.63) is 54.6 Å². The molecule has 2 aromatic carbocycles. The van der Waals surface area contributed by atoms with Crippen LogP contribution in [0, 0.1) is 11.3 Å². The fraction of sp³-hybridized carbons (Fsp3) is 0.0625. The smallest absolute Gasteiger partial charge is 0.369 e. The Morgan fingerprint density at radius 1 is 1.09 bits per heavy atom. The summed E-state index contributed by atoms with van der Waals surface area (Å²) in [4.78, 5) is 11.2. The molecular formula is C16H13N3O3. The quantitative estimate of drug-likeness (QED) is 0.521. The number of hydrazone groups is 1. The molecule has 110 valence electrons. The number of nitrogens with one attached hydrogen (secondary N) is 1. The highest BCUT2D eigenvalue weighted by atomic mass is 16.5. The predicted octanol–water partition coefficient (Wildman–Crippen LogP) is 2.94. The maximum atomic E-state index is 11.2. The van der Waals surface area contributed by atoms with Gasteiger partial charge < -0.3 is 9.47 Å². The van der Waals surface area contributed by atoms with Gasteiger partial charge in [-0.05, 0) is 36.4 Å². The van der Waals surface area contributed by atoms with Gasteiger partial charge in [-0.3, -0.25) is 5.43 Å². The number of carbonyl (C=O) groups is 1. The van der Waals surface area contributed by atoms with Gasteiger partial charge in [0, 0.05) is 0 Å². The van der Waals surface area contributed by atoms with Gasteiger partial charge in [0.15, 0.2) is 0 Å². The first-order valence-electron chi connectivity index (χ1n) is 6.38. The number of anilines is 1. The van der Waals surface area contributed by atoms with Crippen molar-refractivity contribution in [3.63, 3.8) is 0 Å². The molecule has 0 aliphatic heterocycles. The van der Waals surface area contributed by atoms with E-state index in [9.17, 15) is 4.79 Å². The minimum atomic E-state index is -0.793. The van der Waals surface area contributed by atoms with Crippen LogP contribution in [0.15, 0.2) is 59.7 Å². The van der Waals surface area contributed by atoms with Crippen molar-refractivity contribution in [2.24, 2.45) is 5.10 Å². The molecule has 0 amide bonds. The largest absolute Gasteiger partial charge is 0.464 e. The summed E-state index contributed by atoms with van der Waals surface area (Å²) in [5, 5.41) is 12.5. The summed E-state index contributed by atoms with van der Waals surface area (Å²) in [5.41, 5.74) is 2.86. The highest BCUT2D eigenvalue weighted by Crippen LogP contribution is 2.22. The minimum Gasteiger partial charge on any atom is -0.464 e. The third kappa shape index (κ3) is 4.08. The Morgan fingerprint density at radius 2 is 1.73 bits per heavy atom. The Morgan fingerprint density at radius 3 is 2.32 bits per heavy atom. The van der Waals surface area contributed by atoms with Crippen LogP contribution in [-0.2, 0) is 9.53 Å². The molecule has 0 bridgehead atoms. The van der Waals surface area contributed by atoms with Gasteiger partial charge in [0.2, 0.25) is 5.71 Å². The summed E-state index contributed by atoms with van der Waals surface area (Å²) in [6.45, 7) is 0. The number of nitriles is 1. The molecule has 1 N–H and O–H groups in total. The van der Waals surface area contributed by atoms with Crippen LogP contribution in [0.4, 0.5) is 5.69 Å². The third-order valence-electron chi connectivity index (χ3n) is 2.61. The van der Waals surface area contributed by atoms with E-state index < -0.39 is 5.97 Å². The molecule has 6 nitrogen and oxygen atoms in total. The van der Waals surface area contributed by atoms with Crippen LogP contribution in [0.5, 0.6) is 11.5 Å². The molecule has 0 unspecified atom stereocenters. The van der Waals surface area contributed by atoms with Crippen molar-refractivity contribution >= 4 is 17.4 Å². The lowest BCUT2D eigenvalue weighted by Gasteiger charge is -2.06. The summed E-state index contributed by atoms with van der Waals surface area (Å²) in [7, 11) is 1.19. The van der Waals surface area contributed by atoms with Crippen LogP contribution < -0.4 is 10.2 Å². The highest BCUT2D eigenvalue weighted by Gasteiger charge is 2.10. The number of nitrogens with zero attached hydrogens (tertiary/aromatic N) is 2. The van der Waals surface area contributed by atoms with Crippen molar-refractivity contribution in [3.8, 4) is 17.6 Å². The zero-order chi connectivity index (χ0) is 15.8. The molecule has 2 rings (SSSR count). The molecule has 0 aromatic heterocycles. The van der Waals surface area contributed by atoms with Crippen molar-refractivity contribution in [2.45, 2.75) is 0 Å². The van der Waals surface area contributed by atoms with Crippen LogP contribution in [0.3, 0.4) is 0 Å². The van der Waals surface area contributed by atoms with E-state index in [1.807, 2.05) is 30.3 Å². The first-order valence-corrected chi connectivity index (χ1v) is 6.38. The van der Waals surface area contributed by atoms with Crippen LogP contribution in [0.1, 0.15) is 0 Å². The van der Waals surface area contributed by atoms with E-state index in [0.717, 1.165) is 5.75 Å². The van der Waals surface area contributed by atoms with E-state index in [0.29, 0.717) is 11.4 Å². The van der Waals surface area contributed by atoms with Gasteiger partial charge in [-0.25, -0.2) is 4.79 Å². The van der Waals surface area contributed by atoms with Gasteiger partial charge in [-0.2, -0.15) is 10.4 Å².